The SMILES string of the molecule is COc1cc(C)cc(C)c1-c1cc(C#N)c(O)cn1. The number of nitriles is 1. The molecule has 0 spiro atoms. The van der Waals surface area contributed by atoms with Gasteiger partial charge in [-0.2, -0.15) is 5.26 Å². The Balaban J connectivity index is 2.69. The first-order chi connectivity index (χ1) is 9.06. The smallest absolute Gasteiger partial charge is 0.151 e. The van der Waals surface area contributed by atoms with Gasteiger partial charge in [0.25, 0.3) is 0 Å². The third-order valence-corrected chi connectivity index (χ3v) is 2.92. The molecule has 0 aliphatic heterocycles. The number of nitrogens with zero attached hydrogens (tertiary/aromatic N) is 2. The van der Waals surface area contributed by atoms with Crippen LogP contribution >= 0.6 is 0 Å². The summed E-state index contributed by atoms with van der Waals surface area (Å²) in [4.78, 5) is 4.18. The predicted molar refractivity (Wildman–Crippen MR) is 72.1 cm³/mol. The van der Waals surface area contributed by atoms with E-state index in [9.17, 15) is 5.11 Å². The number of rotatable bonds is 2. The summed E-state index contributed by atoms with van der Waals surface area (Å²) in [5.41, 5.74) is 3.76. The van der Waals surface area contributed by atoms with Crippen molar-refractivity contribution in [1.82, 2.24) is 4.98 Å². The summed E-state index contributed by atoms with van der Waals surface area (Å²) in [6.45, 7) is 3.95. The number of aryl methyl sites for hydroxylation is 2. The Labute approximate surface area is 111 Å². The molecule has 1 N–H and O–H groups in total. The maximum Gasteiger partial charge on any atom is 0.151 e. The van der Waals surface area contributed by atoms with Crippen molar-refractivity contribution in [2.45, 2.75) is 13.8 Å². The highest BCUT2D eigenvalue weighted by Gasteiger charge is 2.13. The molecule has 0 saturated carbocycles. The van der Waals surface area contributed by atoms with Crippen molar-refractivity contribution in [3.05, 3.63) is 41.1 Å². The van der Waals surface area contributed by atoms with Crippen LogP contribution in [0.4, 0.5) is 0 Å². The molecule has 1 aromatic carbocycles. The molecule has 1 aromatic heterocycles. The highest BCUT2D eigenvalue weighted by atomic mass is 16.5. The van der Waals surface area contributed by atoms with Gasteiger partial charge in [-0.25, -0.2) is 0 Å². The highest BCUT2D eigenvalue weighted by molar-refractivity contribution is 5.73. The lowest BCUT2D eigenvalue weighted by Gasteiger charge is -2.13. The molecule has 2 rings (SSSR count). The van der Waals surface area contributed by atoms with E-state index in [4.69, 9.17) is 10.00 Å². The minimum atomic E-state index is -0.116. The number of ether oxygens (including phenoxy) is 1. The van der Waals surface area contributed by atoms with E-state index >= 15 is 0 Å². The predicted octanol–water partition coefficient (Wildman–Crippen LogP) is 2.95. The van der Waals surface area contributed by atoms with Crippen LogP contribution in [0.3, 0.4) is 0 Å². The van der Waals surface area contributed by atoms with Gasteiger partial charge in [0.15, 0.2) is 5.75 Å². The fourth-order valence-electron chi connectivity index (χ4n) is 2.09. The van der Waals surface area contributed by atoms with Crippen LogP contribution in [0, 0.1) is 25.2 Å². The van der Waals surface area contributed by atoms with Crippen LogP contribution in [0.5, 0.6) is 11.5 Å². The van der Waals surface area contributed by atoms with Gasteiger partial charge in [-0.15, -0.1) is 0 Å². The minimum Gasteiger partial charge on any atom is -0.505 e. The first kappa shape index (κ1) is 12.9. The van der Waals surface area contributed by atoms with Gasteiger partial charge >= 0.3 is 0 Å². The first-order valence-corrected chi connectivity index (χ1v) is 5.81. The third kappa shape index (κ3) is 2.36. The lowest BCUT2D eigenvalue weighted by molar-refractivity contribution is 0.415. The Morgan fingerprint density at radius 3 is 2.63 bits per heavy atom. The summed E-state index contributed by atoms with van der Waals surface area (Å²) in [5, 5.41) is 18.5. The highest BCUT2D eigenvalue weighted by Crippen LogP contribution is 2.34. The van der Waals surface area contributed by atoms with Crippen LogP contribution < -0.4 is 4.74 Å². The Morgan fingerprint density at radius 1 is 1.26 bits per heavy atom. The molecule has 0 amide bonds. The lowest BCUT2D eigenvalue weighted by atomic mass is 10.00. The topological polar surface area (TPSA) is 66.1 Å². The van der Waals surface area contributed by atoms with Gasteiger partial charge < -0.3 is 9.84 Å². The van der Waals surface area contributed by atoms with Crippen molar-refractivity contribution < 1.29 is 9.84 Å². The molecule has 0 bridgehead atoms. The van der Waals surface area contributed by atoms with Gasteiger partial charge in [-0.1, -0.05) is 6.07 Å². The monoisotopic (exact) mass is 254 g/mol. The van der Waals surface area contributed by atoms with Crippen LogP contribution in [0.1, 0.15) is 16.7 Å². The van der Waals surface area contributed by atoms with Crippen molar-refractivity contribution in [1.29, 1.82) is 5.26 Å². The molecular weight excluding hydrogens is 240 g/mol. The zero-order valence-electron chi connectivity index (χ0n) is 11.1. The second-order valence-corrected chi connectivity index (χ2v) is 4.36. The lowest BCUT2D eigenvalue weighted by Crippen LogP contribution is -1.95. The van der Waals surface area contributed by atoms with E-state index in [0.29, 0.717) is 11.4 Å². The van der Waals surface area contributed by atoms with Crippen LogP contribution in [0.25, 0.3) is 11.3 Å². The fraction of sp³-hybridized carbons (Fsp3) is 0.200. The summed E-state index contributed by atoms with van der Waals surface area (Å²) in [6, 6.07) is 7.45. The van der Waals surface area contributed by atoms with E-state index in [2.05, 4.69) is 4.98 Å². The van der Waals surface area contributed by atoms with E-state index in [1.807, 2.05) is 32.0 Å². The molecular formula is C15H14N2O2. The van der Waals surface area contributed by atoms with Crippen molar-refractivity contribution in [3.8, 4) is 28.8 Å². The minimum absolute atomic E-state index is 0.116. The summed E-state index contributed by atoms with van der Waals surface area (Å²) in [5.74, 6) is 0.592. The normalized spacial score (nSPS) is 10.0. The molecule has 19 heavy (non-hydrogen) atoms. The van der Waals surface area contributed by atoms with Gasteiger partial charge in [0.2, 0.25) is 0 Å². The van der Waals surface area contributed by atoms with Crippen LogP contribution in [0.15, 0.2) is 24.4 Å². The van der Waals surface area contributed by atoms with Crippen LogP contribution in [0.2, 0.25) is 0 Å². The summed E-state index contributed by atoms with van der Waals surface area (Å²) < 4.78 is 5.38. The van der Waals surface area contributed by atoms with Gasteiger partial charge in [-0.05, 0) is 37.1 Å². The molecule has 0 unspecified atom stereocenters. The molecule has 0 radical (unpaired) electrons. The fourth-order valence-corrected chi connectivity index (χ4v) is 2.09. The average molecular weight is 254 g/mol. The summed E-state index contributed by atoms with van der Waals surface area (Å²) in [6.07, 6.45) is 1.28. The van der Waals surface area contributed by atoms with E-state index in [1.165, 1.54) is 6.20 Å². The van der Waals surface area contributed by atoms with Crippen molar-refractivity contribution >= 4 is 0 Å². The van der Waals surface area contributed by atoms with E-state index in [0.717, 1.165) is 16.7 Å². The zero-order chi connectivity index (χ0) is 14.0. The number of hydrogen-bond acceptors (Lipinski definition) is 4. The average Bonchev–Trinajstić information content (AvgIpc) is 2.39. The van der Waals surface area contributed by atoms with Gasteiger partial charge in [0.1, 0.15) is 11.8 Å². The van der Waals surface area contributed by atoms with Gasteiger partial charge in [0, 0.05) is 5.56 Å². The molecule has 0 atom stereocenters. The number of hydrogen-bond donors (Lipinski definition) is 1. The number of aromatic nitrogens is 1. The van der Waals surface area contributed by atoms with Crippen molar-refractivity contribution in [3.63, 3.8) is 0 Å². The number of aromatic hydroxyl groups is 1. The van der Waals surface area contributed by atoms with Crippen LogP contribution in [-0.4, -0.2) is 17.2 Å². The Kier molecular flexibility index (Phi) is 3.39. The number of methoxy groups -OCH3 is 1. The number of benzene rings is 1. The largest absolute Gasteiger partial charge is 0.505 e. The molecule has 0 fully saturated rings. The Morgan fingerprint density at radius 2 is 2.00 bits per heavy atom. The second kappa shape index (κ2) is 4.99. The molecule has 0 aliphatic carbocycles. The van der Waals surface area contributed by atoms with Gasteiger partial charge in [-0.3, -0.25) is 4.98 Å². The van der Waals surface area contributed by atoms with E-state index in [-0.39, 0.29) is 11.3 Å². The number of pyridine rings is 1. The molecule has 96 valence electrons. The third-order valence-electron chi connectivity index (χ3n) is 2.92. The molecule has 2 aromatic rings. The Bertz CT molecular complexity index is 673. The van der Waals surface area contributed by atoms with Gasteiger partial charge in [0.05, 0.1) is 24.6 Å². The molecule has 1 heterocycles. The molecule has 0 aliphatic rings. The first-order valence-electron chi connectivity index (χ1n) is 5.81. The molecule has 0 saturated heterocycles. The summed E-state index contributed by atoms with van der Waals surface area (Å²) in [7, 11) is 1.60. The zero-order valence-corrected chi connectivity index (χ0v) is 11.1. The van der Waals surface area contributed by atoms with Crippen molar-refractivity contribution in [2.24, 2.45) is 0 Å². The van der Waals surface area contributed by atoms with E-state index in [1.54, 1.807) is 13.2 Å². The van der Waals surface area contributed by atoms with Crippen molar-refractivity contribution in [2.75, 3.05) is 7.11 Å². The maximum atomic E-state index is 9.51. The quantitative estimate of drug-likeness (QED) is 0.894. The standard InChI is InChI=1S/C15H14N2O2/c1-9-4-10(2)15(14(5-9)19-3)12-6-11(7-16)13(18)8-17-12/h4-6,8,18H,1-3H3. The molecule has 4 nitrogen and oxygen atoms in total. The molecule has 4 heteroatoms. The second-order valence-electron chi connectivity index (χ2n) is 4.36. The maximum absolute atomic E-state index is 9.51. The van der Waals surface area contributed by atoms with E-state index < -0.39 is 0 Å². The van der Waals surface area contributed by atoms with Crippen LogP contribution in [-0.2, 0) is 0 Å². The Hall–Kier alpha value is -2.54. The summed E-state index contributed by atoms with van der Waals surface area (Å²) >= 11 is 0.